The summed E-state index contributed by atoms with van der Waals surface area (Å²) in [6.45, 7) is 0.838. The lowest BCUT2D eigenvalue weighted by Crippen LogP contribution is -2.27. The first kappa shape index (κ1) is 22.6. The molecule has 1 atom stereocenters. The number of fused-ring (bicyclic) bond motifs is 3. The third-order valence-corrected chi connectivity index (χ3v) is 5.35. The van der Waals surface area contributed by atoms with Crippen molar-refractivity contribution >= 4 is 5.97 Å². The van der Waals surface area contributed by atoms with E-state index in [1.807, 2.05) is 6.07 Å². The molecule has 1 N–H and O–H groups in total. The van der Waals surface area contributed by atoms with Crippen LogP contribution in [0.15, 0.2) is 53.5 Å². The second kappa shape index (κ2) is 9.49. The zero-order chi connectivity index (χ0) is 24.2. The van der Waals surface area contributed by atoms with Crippen LogP contribution in [0, 0.1) is 22.7 Å². The summed E-state index contributed by atoms with van der Waals surface area (Å²) >= 11 is 0. The van der Waals surface area contributed by atoms with Gasteiger partial charge in [0, 0.05) is 49.6 Å². The minimum Gasteiger partial charge on any atom is -0.492 e. The van der Waals surface area contributed by atoms with Gasteiger partial charge < -0.3 is 23.9 Å². The predicted octanol–water partition coefficient (Wildman–Crippen LogP) is 3.31. The van der Waals surface area contributed by atoms with Crippen LogP contribution in [0.25, 0.3) is 11.3 Å². The maximum absolute atomic E-state index is 12.5. The van der Waals surface area contributed by atoms with E-state index in [0.717, 1.165) is 0 Å². The highest BCUT2D eigenvalue weighted by atomic mass is 16.5. The Morgan fingerprint density at radius 2 is 1.91 bits per heavy atom. The molecule has 1 aromatic heterocycles. The van der Waals surface area contributed by atoms with Gasteiger partial charge in [-0.1, -0.05) is 12.1 Å². The van der Waals surface area contributed by atoms with Crippen molar-refractivity contribution in [2.75, 3.05) is 20.3 Å². The first-order valence-electron chi connectivity index (χ1n) is 10.3. The third kappa shape index (κ3) is 4.20. The highest BCUT2D eigenvalue weighted by Gasteiger charge is 2.30. The van der Waals surface area contributed by atoms with Gasteiger partial charge in [-0.05, 0) is 18.2 Å². The molecule has 3 aromatic rings. The standard InChI is InChI=1S/C25H19N3O6/c1-32-7-2-8-33-22-11-23-18(9-17(22)13-27)20-10-21(29)19(25(30)31)14-28(20)24(34-23)16-5-3-15(12-26)4-6-16/h3-6,9-11,14,24H,2,7-8H2,1H3,(H,30,31). The topological polar surface area (TPSA) is 135 Å². The molecule has 4 rings (SSSR count). The number of carboxylic acid groups (broad SMARTS) is 1. The van der Waals surface area contributed by atoms with Gasteiger partial charge in [-0.3, -0.25) is 4.79 Å². The second-order valence-corrected chi connectivity index (χ2v) is 7.50. The van der Waals surface area contributed by atoms with E-state index in [9.17, 15) is 20.0 Å². The molecule has 2 aromatic carbocycles. The number of aromatic nitrogens is 1. The largest absolute Gasteiger partial charge is 0.492 e. The molecule has 0 saturated carbocycles. The molecule has 1 unspecified atom stereocenters. The number of methoxy groups -OCH3 is 1. The van der Waals surface area contributed by atoms with Gasteiger partial charge in [-0.15, -0.1) is 0 Å². The molecule has 9 heteroatoms. The van der Waals surface area contributed by atoms with Crippen LogP contribution in [0.3, 0.4) is 0 Å². The lowest BCUT2D eigenvalue weighted by Gasteiger charge is -2.32. The van der Waals surface area contributed by atoms with Crippen molar-refractivity contribution in [3.8, 4) is 34.9 Å². The number of nitriles is 2. The fourth-order valence-corrected chi connectivity index (χ4v) is 3.70. The summed E-state index contributed by atoms with van der Waals surface area (Å²) in [7, 11) is 1.59. The fraction of sp³-hybridized carbons (Fsp3) is 0.200. The van der Waals surface area contributed by atoms with Gasteiger partial charge in [-0.25, -0.2) is 4.79 Å². The van der Waals surface area contributed by atoms with Crippen molar-refractivity contribution in [2.45, 2.75) is 12.6 Å². The predicted molar refractivity (Wildman–Crippen MR) is 120 cm³/mol. The lowest BCUT2D eigenvalue weighted by molar-refractivity contribution is 0.0693. The molecular formula is C25H19N3O6. The number of ether oxygens (including phenoxy) is 3. The molecule has 0 aliphatic carbocycles. The summed E-state index contributed by atoms with van der Waals surface area (Å²) in [4.78, 5) is 24.1. The Morgan fingerprint density at radius 3 is 2.56 bits per heavy atom. The van der Waals surface area contributed by atoms with Gasteiger partial charge in [-0.2, -0.15) is 10.5 Å². The number of carbonyl (C=O) groups is 1. The van der Waals surface area contributed by atoms with Crippen molar-refractivity contribution in [1.82, 2.24) is 4.57 Å². The SMILES string of the molecule is COCCCOc1cc2c(cc1C#N)-c1cc(=O)c(C(=O)O)cn1C(c1ccc(C#N)cc1)O2. The molecule has 0 radical (unpaired) electrons. The molecule has 34 heavy (non-hydrogen) atoms. The van der Waals surface area contributed by atoms with E-state index >= 15 is 0 Å². The number of hydrogen-bond donors (Lipinski definition) is 1. The van der Waals surface area contributed by atoms with Crippen molar-refractivity contribution in [2.24, 2.45) is 0 Å². The van der Waals surface area contributed by atoms with E-state index in [1.165, 1.54) is 16.8 Å². The van der Waals surface area contributed by atoms with Crippen molar-refractivity contribution in [3.63, 3.8) is 0 Å². The molecule has 1 aliphatic heterocycles. The van der Waals surface area contributed by atoms with Gasteiger partial charge in [0.1, 0.15) is 23.1 Å². The first-order valence-corrected chi connectivity index (χ1v) is 10.3. The Morgan fingerprint density at radius 1 is 1.15 bits per heavy atom. The molecule has 0 bridgehead atoms. The van der Waals surface area contributed by atoms with E-state index in [2.05, 4.69) is 6.07 Å². The molecular weight excluding hydrogens is 438 g/mol. The minimum absolute atomic E-state index is 0.248. The number of hydrogen-bond acceptors (Lipinski definition) is 7. The quantitative estimate of drug-likeness (QED) is 0.534. The molecule has 0 spiro atoms. The molecule has 9 nitrogen and oxygen atoms in total. The Balaban J connectivity index is 1.86. The highest BCUT2D eigenvalue weighted by molar-refractivity contribution is 5.88. The summed E-state index contributed by atoms with van der Waals surface area (Å²) in [5.74, 6) is -0.659. The Bertz CT molecular complexity index is 1400. The van der Waals surface area contributed by atoms with Gasteiger partial charge in [0.2, 0.25) is 6.23 Å². The first-order chi connectivity index (χ1) is 16.5. The number of pyridine rings is 1. The number of carboxylic acids is 1. The fourth-order valence-electron chi connectivity index (χ4n) is 3.70. The average Bonchev–Trinajstić information content (AvgIpc) is 2.85. The van der Waals surface area contributed by atoms with Crippen LogP contribution >= 0.6 is 0 Å². The van der Waals surface area contributed by atoms with Crippen LogP contribution in [0.5, 0.6) is 11.5 Å². The summed E-state index contributed by atoms with van der Waals surface area (Å²) < 4.78 is 18.6. The van der Waals surface area contributed by atoms with E-state index in [4.69, 9.17) is 19.5 Å². The van der Waals surface area contributed by atoms with Crippen LogP contribution < -0.4 is 14.9 Å². The number of rotatable bonds is 7. The van der Waals surface area contributed by atoms with E-state index < -0.39 is 23.2 Å². The molecule has 0 saturated heterocycles. The van der Waals surface area contributed by atoms with Gasteiger partial charge in [0.25, 0.3) is 0 Å². The third-order valence-electron chi connectivity index (χ3n) is 5.35. The van der Waals surface area contributed by atoms with Crippen LogP contribution in [0.2, 0.25) is 0 Å². The summed E-state index contributed by atoms with van der Waals surface area (Å²) in [6, 6.07) is 15.2. The lowest BCUT2D eigenvalue weighted by atomic mass is 10.0. The van der Waals surface area contributed by atoms with E-state index in [1.54, 1.807) is 43.5 Å². The molecule has 2 heterocycles. The zero-order valence-corrected chi connectivity index (χ0v) is 18.1. The van der Waals surface area contributed by atoms with Crippen LogP contribution in [0.1, 0.15) is 39.7 Å². The summed E-state index contributed by atoms with van der Waals surface area (Å²) in [5.41, 5.74) is 1.12. The maximum atomic E-state index is 12.5. The van der Waals surface area contributed by atoms with Gasteiger partial charge >= 0.3 is 5.97 Å². The molecule has 0 fully saturated rings. The smallest absolute Gasteiger partial charge is 0.341 e. The Labute approximate surface area is 194 Å². The average molecular weight is 457 g/mol. The number of nitrogens with zero attached hydrogens (tertiary/aromatic N) is 3. The highest BCUT2D eigenvalue weighted by Crippen LogP contribution is 2.43. The van der Waals surface area contributed by atoms with Crippen LogP contribution in [-0.2, 0) is 4.74 Å². The number of aromatic carboxylic acids is 1. The van der Waals surface area contributed by atoms with Crippen molar-refractivity contribution < 1.29 is 24.1 Å². The normalized spacial score (nSPS) is 13.6. The van der Waals surface area contributed by atoms with Crippen molar-refractivity contribution in [1.29, 1.82) is 10.5 Å². The van der Waals surface area contributed by atoms with Crippen molar-refractivity contribution in [3.05, 3.63) is 81.1 Å². The van der Waals surface area contributed by atoms with Gasteiger partial charge in [0.05, 0.1) is 29.5 Å². The van der Waals surface area contributed by atoms with E-state index in [0.29, 0.717) is 53.5 Å². The summed E-state index contributed by atoms with van der Waals surface area (Å²) in [6.07, 6.45) is 1.04. The molecule has 0 amide bonds. The van der Waals surface area contributed by atoms with Crippen LogP contribution in [0.4, 0.5) is 0 Å². The molecule has 1 aliphatic rings. The van der Waals surface area contributed by atoms with Crippen LogP contribution in [-0.4, -0.2) is 36.0 Å². The monoisotopic (exact) mass is 457 g/mol. The Hall–Kier alpha value is -4.60. The summed E-state index contributed by atoms with van der Waals surface area (Å²) in [5, 5.41) is 28.2. The second-order valence-electron chi connectivity index (χ2n) is 7.50. The Kier molecular flexibility index (Phi) is 6.30. The number of benzene rings is 2. The zero-order valence-electron chi connectivity index (χ0n) is 18.1. The minimum atomic E-state index is -1.36. The maximum Gasteiger partial charge on any atom is 0.341 e. The van der Waals surface area contributed by atoms with E-state index in [-0.39, 0.29) is 5.56 Å². The van der Waals surface area contributed by atoms with Gasteiger partial charge in [0.15, 0.2) is 5.43 Å². The molecule has 170 valence electrons.